The number of pyridine rings is 1. The Labute approximate surface area is 158 Å². The van der Waals surface area contributed by atoms with Crippen LogP contribution in [-0.4, -0.2) is 49.8 Å². The Morgan fingerprint density at radius 1 is 1.26 bits per heavy atom. The van der Waals surface area contributed by atoms with E-state index in [1.54, 1.807) is 30.5 Å². The molecular weight excluding hydrogens is 346 g/mol. The zero-order valence-corrected chi connectivity index (χ0v) is 15.3. The fourth-order valence-electron chi connectivity index (χ4n) is 2.83. The highest BCUT2D eigenvalue weighted by atomic mass is 16.5. The standard InChI is InChI=1S/C20H23N3O4/c1-2-10-27-20(25)17-13-16(22-19(24)15-4-3-7-21-14-15)5-6-18(17)23-8-11-26-12-9-23/h3-7,13-14H,2,8-12H2,1H3,(H,22,24). The van der Waals surface area contributed by atoms with Crippen LogP contribution in [0.4, 0.5) is 11.4 Å². The summed E-state index contributed by atoms with van der Waals surface area (Å²) in [5, 5.41) is 2.81. The molecule has 2 aromatic rings. The van der Waals surface area contributed by atoms with Crippen molar-refractivity contribution in [2.24, 2.45) is 0 Å². The molecule has 1 aliphatic heterocycles. The summed E-state index contributed by atoms with van der Waals surface area (Å²) in [5.41, 5.74) is 2.21. The van der Waals surface area contributed by atoms with Crippen LogP contribution in [0.3, 0.4) is 0 Å². The molecular formula is C20H23N3O4. The average Bonchev–Trinajstić information content (AvgIpc) is 2.73. The first kappa shape index (κ1) is 18.8. The number of hydrogen-bond donors (Lipinski definition) is 1. The summed E-state index contributed by atoms with van der Waals surface area (Å²) in [7, 11) is 0. The van der Waals surface area contributed by atoms with Gasteiger partial charge < -0.3 is 19.7 Å². The van der Waals surface area contributed by atoms with Gasteiger partial charge in [-0.15, -0.1) is 0 Å². The highest BCUT2D eigenvalue weighted by Gasteiger charge is 2.21. The van der Waals surface area contributed by atoms with E-state index < -0.39 is 5.97 Å². The summed E-state index contributed by atoms with van der Waals surface area (Å²) < 4.78 is 10.7. The van der Waals surface area contributed by atoms with E-state index >= 15 is 0 Å². The quantitative estimate of drug-likeness (QED) is 0.789. The number of hydrogen-bond acceptors (Lipinski definition) is 6. The van der Waals surface area contributed by atoms with Gasteiger partial charge in [-0.25, -0.2) is 4.79 Å². The second-order valence-electron chi connectivity index (χ2n) is 6.16. The Balaban J connectivity index is 1.85. The van der Waals surface area contributed by atoms with Gasteiger partial charge in [0.05, 0.1) is 36.6 Å². The van der Waals surface area contributed by atoms with E-state index in [0.717, 1.165) is 12.1 Å². The van der Waals surface area contributed by atoms with Gasteiger partial charge >= 0.3 is 5.97 Å². The summed E-state index contributed by atoms with van der Waals surface area (Å²) in [6, 6.07) is 8.67. The van der Waals surface area contributed by atoms with Crippen molar-refractivity contribution in [3.63, 3.8) is 0 Å². The van der Waals surface area contributed by atoms with Crippen LogP contribution in [0, 0.1) is 0 Å². The predicted octanol–water partition coefficient (Wildman–Crippen LogP) is 2.74. The third kappa shape index (κ3) is 4.83. The molecule has 142 valence electrons. The number of amides is 1. The van der Waals surface area contributed by atoms with E-state index in [-0.39, 0.29) is 5.91 Å². The topological polar surface area (TPSA) is 80.8 Å². The van der Waals surface area contributed by atoms with Crippen molar-refractivity contribution in [2.75, 3.05) is 43.1 Å². The minimum atomic E-state index is -0.393. The Bertz CT molecular complexity index is 789. The van der Waals surface area contributed by atoms with E-state index in [4.69, 9.17) is 9.47 Å². The molecule has 1 N–H and O–H groups in total. The molecule has 0 aliphatic carbocycles. The van der Waals surface area contributed by atoms with Crippen molar-refractivity contribution in [3.8, 4) is 0 Å². The summed E-state index contributed by atoms with van der Waals surface area (Å²) in [6.45, 7) is 4.94. The Morgan fingerprint density at radius 2 is 2.07 bits per heavy atom. The molecule has 0 saturated carbocycles. The summed E-state index contributed by atoms with van der Waals surface area (Å²) in [5.74, 6) is -0.675. The molecule has 1 saturated heterocycles. The third-order valence-electron chi connectivity index (χ3n) is 4.19. The van der Waals surface area contributed by atoms with Crippen LogP contribution in [0.15, 0.2) is 42.7 Å². The van der Waals surface area contributed by atoms with Crippen molar-refractivity contribution in [1.29, 1.82) is 0 Å². The normalized spacial score (nSPS) is 13.9. The number of rotatable bonds is 6. The van der Waals surface area contributed by atoms with Crippen LogP contribution in [0.1, 0.15) is 34.1 Å². The molecule has 0 spiro atoms. The predicted molar refractivity (Wildman–Crippen MR) is 102 cm³/mol. The van der Waals surface area contributed by atoms with Gasteiger partial charge in [-0.05, 0) is 36.8 Å². The molecule has 0 radical (unpaired) electrons. The Morgan fingerprint density at radius 3 is 2.78 bits per heavy atom. The average molecular weight is 369 g/mol. The summed E-state index contributed by atoms with van der Waals surface area (Å²) >= 11 is 0. The molecule has 1 aliphatic rings. The SMILES string of the molecule is CCCOC(=O)c1cc(NC(=O)c2cccnc2)ccc1N1CCOCC1. The third-order valence-corrected chi connectivity index (χ3v) is 4.19. The molecule has 3 rings (SSSR count). The van der Waals surface area contributed by atoms with Gasteiger partial charge in [-0.2, -0.15) is 0 Å². The zero-order valence-electron chi connectivity index (χ0n) is 15.3. The van der Waals surface area contributed by atoms with E-state index in [1.165, 1.54) is 6.20 Å². The lowest BCUT2D eigenvalue weighted by atomic mass is 10.1. The lowest BCUT2D eigenvalue weighted by Crippen LogP contribution is -2.37. The lowest BCUT2D eigenvalue weighted by Gasteiger charge is -2.30. The highest BCUT2D eigenvalue weighted by Crippen LogP contribution is 2.26. The van der Waals surface area contributed by atoms with Crippen LogP contribution in [-0.2, 0) is 9.47 Å². The first-order chi connectivity index (χ1) is 13.2. The second-order valence-corrected chi connectivity index (χ2v) is 6.16. The van der Waals surface area contributed by atoms with E-state index in [2.05, 4.69) is 15.2 Å². The van der Waals surface area contributed by atoms with Crippen LogP contribution in [0.2, 0.25) is 0 Å². The molecule has 1 fully saturated rings. The van der Waals surface area contributed by atoms with Gasteiger partial charge in [0.1, 0.15) is 0 Å². The zero-order chi connectivity index (χ0) is 19.1. The van der Waals surface area contributed by atoms with Gasteiger partial charge in [-0.3, -0.25) is 9.78 Å². The number of aromatic nitrogens is 1. The van der Waals surface area contributed by atoms with Crippen LogP contribution in [0.25, 0.3) is 0 Å². The Hall–Kier alpha value is -2.93. The first-order valence-corrected chi connectivity index (χ1v) is 9.04. The van der Waals surface area contributed by atoms with Crippen molar-refractivity contribution >= 4 is 23.3 Å². The number of ether oxygens (including phenoxy) is 2. The van der Waals surface area contributed by atoms with E-state index in [0.29, 0.717) is 49.7 Å². The number of nitrogens with one attached hydrogen (secondary N) is 1. The van der Waals surface area contributed by atoms with Crippen molar-refractivity contribution < 1.29 is 19.1 Å². The molecule has 1 amide bonds. The van der Waals surface area contributed by atoms with Gasteiger partial charge in [-0.1, -0.05) is 6.92 Å². The van der Waals surface area contributed by atoms with Crippen LogP contribution in [0.5, 0.6) is 0 Å². The fourth-order valence-corrected chi connectivity index (χ4v) is 2.83. The van der Waals surface area contributed by atoms with Gasteiger partial charge in [0.2, 0.25) is 0 Å². The minimum absolute atomic E-state index is 0.282. The number of benzene rings is 1. The molecule has 2 heterocycles. The monoisotopic (exact) mass is 369 g/mol. The fraction of sp³-hybridized carbons (Fsp3) is 0.350. The van der Waals surface area contributed by atoms with Gasteiger partial charge in [0.15, 0.2) is 0 Å². The highest BCUT2D eigenvalue weighted by molar-refractivity contribution is 6.05. The number of esters is 1. The molecule has 1 aromatic carbocycles. The van der Waals surface area contributed by atoms with Crippen LogP contribution < -0.4 is 10.2 Å². The first-order valence-electron chi connectivity index (χ1n) is 9.04. The largest absolute Gasteiger partial charge is 0.462 e. The number of carbonyl (C=O) groups excluding carboxylic acids is 2. The maximum absolute atomic E-state index is 12.6. The number of nitrogens with zero attached hydrogens (tertiary/aromatic N) is 2. The van der Waals surface area contributed by atoms with Crippen molar-refractivity contribution in [3.05, 3.63) is 53.9 Å². The summed E-state index contributed by atoms with van der Waals surface area (Å²) in [6.07, 6.45) is 3.85. The molecule has 1 aromatic heterocycles. The molecule has 0 bridgehead atoms. The van der Waals surface area contributed by atoms with Crippen molar-refractivity contribution in [1.82, 2.24) is 4.98 Å². The molecule has 27 heavy (non-hydrogen) atoms. The van der Waals surface area contributed by atoms with Gasteiger partial charge in [0.25, 0.3) is 5.91 Å². The molecule has 7 nitrogen and oxygen atoms in total. The summed E-state index contributed by atoms with van der Waals surface area (Å²) in [4.78, 5) is 31.0. The molecule has 0 atom stereocenters. The van der Waals surface area contributed by atoms with E-state index in [9.17, 15) is 9.59 Å². The second kappa shape index (κ2) is 9.14. The van der Waals surface area contributed by atoms with Gasteiger partial charge in [0, 0.05) is 31.2 Å². The smallest absolute Gasteiger partial charge is 0.340 e. The maximum Gasteiger partial charge on any atom is 0.340 e. The van der Waals surface area contributed by atoms with Crippen molar-refractivity contribution in [2.45, 2.75) is 13.3 Å². The van der Waals surface area contributed by atoms with E-state index in [1.807, 2.05) is 13.0 Å². The Kier molecular flexibility index (Phi) is 6.38. The number of carbonyl (C=O) groups is 2. The maximum atomic E-state index is 12.6. The molecule has 7 heteroatoms. The number of anilines is 2. The number of morpholine rings is 1. The van der Waals surface area contributed by atoms with Crippen LogP contribution >= 0.6 is 0 Å². The lowest BCUT2D eigenvalue weighted by molar-refractivity contribution is 0.0504. The minimum Gasteiger partial charge on any atom is -0.462 e. The molecule has 0 unspecified atom stereocenters.